The Morgan fingerprint density at radius 2 is 2.28 bits per heavy atom. The van der Waals surface area contributed by atoms with Crippen LogP contribution in [0.4, 0.5) is 0 Å². The molecule has 0 bridgehead atoms. The van der Waals surface area contributed by atoms with Crippen molar-refractivity contribution in [2.24, 2.45) is 0 Å². The van der Waals surface area contributed by atoms with Crippen LogP contribution in [0.15, 0.2) is 29.8 Å². The first-order valence-corrected chi connectivity index (χ1v) is 6.68. The Balaban J connectivity index is 2.04. The maximum absolute atomic E-state index is 11.7. The molecule has 18 heavy (non-hydrogen) atoms. The molecule has 0 atom stereocenters. The van der Waals surface area contributed by atoms with Gasteiger partial charge in [0.05, 0.1) is 5.01 Å². The van der Waals surface area contributed by atoms with Crippen molar-refractivity contribution >= 4 is 17.2 Å². The highest BCUT2D eigenvalue weighted by molar-refractivity contribution is 7.09. The molecule has 0 aliphatic heterocycles. The van der Waals surface area contributed by atoms with Gasteiger partial charge in [0.2, 0.25) is 0 Å². The van der Waals surface area contributed by atoms with Gasteiger partial charge in [-0.05, 0) is 26.0 Å². The van der Waals surface area contributed by atoms with Crippen molar-refractivity contribution < 1.29 is 4.79 Å². The molecule has 1 N–H and O–H groups in total. The van der Waals surface area contributed by atoms with Gasteiger partial charge in [-0.2, -0.15) is 0 Å². The molecule has 0 aromatic carbocycles. The zero-order valence-electron chi connectivity index (χ0n) is 10.4. The number of pyridine rings is 1. The van der Waals surface area contributed by atoms with Crippen LogP contribution in [0.1, 0.15) is 35.0 Å². The van der Waals surface area contributed by atoms with Crippen molar-refractivity contribution in [2.75, 3.05) is 0 Å². The van der Waals surface area contributed by atoms with Gasteiger partial charge in [-0.15, -0.1) is 11.3 Å². The maximum atomic E-state index is 11.7. The monoisotopic (exact) mass is 261 g/mol. The number of carbonyl (C=O) groups excluding carboxylic acids is 1. The van der Waals surface area contributed by atoms with Gasteiger partial charge >= 0.3 is 0 Å². The topological polar surface area (TPSA) is 54.9 Å². The van der Waals surface area contributed by atoms with Gasteiger partial charge in [0, 0.05) is 29.7 Å². The number of aromatic nitrogens is 2. The second kappa shape index (κ2) is 5.73. The van der Waals surface area contributed by atoms with E-state index in [1.165, 1.54) is 11.3 Å². The Bertz CT molecular complexity index is 522. The summed E-state index contributed by atoms with van der Waals surface area (Å²) in [6.07, 6.45) is 2.43. The molecule has 2 heterocycles. The zero-order chi connectivity index (χ0) is 13.0. The molecule has 2 aromatic heterocycles. The van der Waals surface area contributed by atoms with E-state index in [0.29, 0.717) is 12.1 Å². The summed E-state index contributed by atoms with van der Waals surface area (Å²) in [5, 5.41) is 5.52. The second-order valence-electron chi connectivity index (χ2n) is 4.25. The molecular formula is C13H15N3OS. The van der Waals surface area contributed by atoms with Crippen LogP contribution < -0.4 is 5.32 Å². The quantitative estimate of drug-likeness (QED) is 0.918. The fourth-order valence-electron chi connectivity index (χ4n) is 1.49. The molecule has 2 aromatic rings. The molecule has 4 nitrogen and oxygen atoms in total. The lowest BCUT2D eigenvalue weighted by atomic mass is 10.3. The van der Waals surface area contributed by atoms with E-state index in [9.17, 15) is 4.79 Å². The normalized spacial score (nSPS) is 10.6. The fraction of sp³-hybridized carbons (Fsp3) is 0.308. The highest BCUT2D eigenvalue weighted by Crippen LogP contribution is 2.13. The largest absolute Gasteiger partial charge is 0.349 e. The highest BCUT2D eigenvalue weighted by atomic mass is 32.1. The number of hydrogen-bond acceptors (Lipinski definition) is 4. The molecule has 0 aliphatic carbocycles. The van der Waals surface area contributed by atoms with E-state index < -0.39 is 0 Å². The number of nitrogens with zero attached hydrogens (tertiary/aromatic N) is 2. The molecule has 0 saturated heterocycles. The Morgan fingerprint density at radius 3 is 2.94 bits per heavy atom. The zero-order valence-corrected chi connectivity index (χ0v) is 11.2. The summed E-state index contributed by atoms with van der Waals surface area (Å²) in [4.78, 5) is 20.3. The summed E-state index contributed by atoms with van der Waals surface area (Å²) in [5.74, 6) is -0.117. The van der Waals surface area contributed by atoms with Gasteiger partial charge < -0.3 is 5.32 Å². The molecule has 0 fully saturated rings. The van der Waals surface area contributed by atoms with E-state index in [-0.39, 0.29) is 11.9 Å². The fourth-order valence-corrected chi connectivity index (χ4v) is 2.28. The number of rotatable bonds is 4. The Labute approximate surface area is 110 Å². The first-order valence-electron chi connectivity index (χ1n) is 5.80. The first-order chi connectivity index (χ1) is 8.65. The summed E-state index contributed by atoms with van der Waals surface area (Å²) in [7, 11) is 0. The van der Waals surface area contributed by atoms with Gasteiger partial charge in [0.25, 0.3) is 5.91 Å². The van der Waals surface area contributed by atoms with Crippen LogP contribution in [0.25, 0.3) is 0 Å². The first kappa shape index (κ1) is 12.7. The predicted molar refractivity (Wildman–Crippen MR) is 71.8 cm³/mol. The molecular weight excluding hydrogens is 246 g/mol. The van der Waals surface area contributed by atoms with Crippen molar-refractivity contribution in [1.29, 1.82) is 0 Å². The summed E-state index contributed by atoms with van der Waals surface area (Å²) in [6.45, 7) is 3.86. The lowest BCUT2D eigenvalue weighted by Gasteiger charge is -2.05. The van der Waals surface area contributed by atoms with Crippen LogP contribution in [0, 0.1) is 0 Å². The van der Waals surface area contributed by atoms with E-state index >= 15 is 0 Å². The highest BCUT2D eigenvalue weighted by Gasteiger charge is 2.11. The number of thiazole rings is 1. The number of hydrogen-bond donors (Lipinski definition) is 1. The second-order valence-corrected chi connectivity index (χ2v) is 5.20. The van der Waals surface area contributed by atoms with Crippen molar-refractivity contribution in [3.63, 3.8) is 0 Å². The molecule has 0 spiro atoms. The van der Waals surface area contributed by atoms with E-state index in [1.54, 1.807) is 11.6 Å². The van der Waals surface area contributed by atoms with Crippen molar-refractivity contribution in [3.8, 4) is 0 Å². The Hall–Kier alpha value is -1.75. The van der Waals surface area contributed by atoms with Gasteiger partial charge in [0.1, 0.15) is 5.69 Å². The third-order valence-corrected chi connectivity index (χ3v) is 3.11. The summed E-state index contributed by atoms with van der Waals surface area (Å²) >= 11 is 1.49. The summed E-state index contributed by atoms with van der Waals surface area (Å²) < 4.78 is 0. The molecule has 0 saturated carbocycles. The van der Waals surface area contributed by atoms with Crippen LogP contribution in [-0.2, 0) is 6.42 Å². The van der Waals surface area contributed by atoms with Crippen molar-refractivity contribution in [1.82, 2.24) is 15.3 Å². The molecule has 0 aliphatic rings. The molecule has 5 heteroatoms. The van der Waals surface area contributed by atoms with Gasteiger partial charge in [-0.3, -0.25) is 9.78 Å². The minimum absolute atomic E-state index is 0.117. The van der Waals surface area contributed by atoms with E-state index in [2.05, 4.69) is 15.3 Å². The van der Waals surface area contributed by atoms with Crippen molar-refractivity contribution in [2.45, 2.75) is 26.3 Å². The van der Waals surface area contributed by atoms with Crippen LogP contribution in [0.2, 0.25) is 0 Å². The standard InChI is InChI=1S/C13H15N3OS/c1-9(2)15-13(17)11-8-18-12(16-11)7-10-5-3-4-6-14-10/h3-6,8-9H,7H2,1-2H3,(H,15,17). The Kier molecular flexibility index (Phi) is 4.04. The minimum atomic E-state index is -0.117. The third-order valence-electron chi connectivity index (χ3n) is 2.26. The molecule has 94 valence electrons. The lowest BCUT2D eigenvalue weighted by Crippen LogP contribution is -2.30. The minimum Gasteiger partial charge on any atom is -0.349 e. The number of carbonyl (C=O) groups is 1. The van der Waals surface area contributed by atoms with Crippen LogP contribution in [-0.4, -0.2) is 21.9 Å². The Morgan fingerprint density at radius 1 is 1.44 bits per heavy atom. The van der Waals surface area contributed by atoms with Gasteiger partial charge in [-0.1, -0.05) is 6.07 Å². The van der Waals surface area contributed by atoms with E-state index in [4.69, 9.17) is 0 Å². The smallest absolute Gasteiger partial charge is 0.270 e. The summed E-state index contributed by atoms with van der Waals surface area (Å²) in [5.41, 5.74) is 1.45. The lowest BCUT2D eigenvalue weighted by molar-refractivity contribution is 0.0938. The molecule has 1 amide bonds. The average molecular weight is 261 g/mol. The van der Waals surface area contributed by atoms with Crippen LogP contribution in [0.3, 0.4) is 0 Å². The van der Waals surface area contributed by atoms with Crippen LogP contribution >= 0.6 is 11.3 Å². The maximum Gasteiger partial charge on any atom is 0.270 e. The number of nitrogens with one attached hydrogen (secondary N) is 1. The number of amides is 1. The molecule has 2 rings (SSSR count). The molecule has 0 radical (unpaired) electrons. The van der Waals surface area contributed by atoms with Crippen molar-refractivity contribution in [3.05, 3.63) is 46.2 Å². The summed E-state index contributed by atoms with van der Waals surface area (Å²) in [6, 6.07) is 5.91. The van der Waals surface area contributed by atoms with Gasteiger partial charge in [-0.25, -0.2) is 4.98 Å². The van der Waals surface area contributed by atoms with Gasteiger partial charge in [0.15, 0.2) is 0 Å². The SMILES string of the molecule is CC(C)NC(=O)c1csc(Cc2ccccn2)n1. The average Bonchev–Trinajstić information content (AvgIpc) is 2.78. The predicted octanol–water partition coefficient (Wildman–Crippen LogP) is 2.27. The molecule has 0 unspecified atom stereocenters. The van der Waals surface area contributed by atoms with Crippen LogP contribution in [0.5, 0.6) is 0 Å². The third kappa shape index (κ3) is 3.37. The van der Waals surface area contributed by atoms with E-state index in [0.717, 1.165) is 10.7 Å². The van der Waals surface area contributed by atoms with E-state index in [1.807, 2.05) is 32.0 Å².